The SMILES string of the molecule is O=C(/C=C/c1ccc(OC(=O)c2ccc(Cl)cc2)cc1)c1ccccc1. The van der Waals surface area contributed by atoms with Crippen molar-refractivity contribution in [3.05, 3.63) is 107 Å². The number of ether oxygens (including phenoxy) is 1. The van der Waals surface area contributed by atoms with Gasteiger partial charge in [-0.1, -0.05) is 60.1 Å². The number of hydrogen-bond donors (Lipinski definition) is 0. The first-order valence-electron chi connectivity index (χ1n) is 7.97. The predicted molar refractivity (Wildman–Crippen MR) is 103 cm³/mol. The van der Waals surface area contributed by atoms with Gasteiger partial charge in [-0.25, -0.2) is 4.79 Å². The van der Waals surface area contributed by atoms with Crippen molar-refractivity contribution in [3.8, 4) is 5.75 Å². The molecule has 3 rings (SSSR count). The number of hydrogen-bond acceptors (Lipinski definition) is 3. The zero-order valence-corrected chi connectivity index (χ0v) is 14.5. The summed E-state index contributed by atoms with van der Waals surface area (Å²) in [7, 11) is 0. The molecule has 3 aromatic carbocycles. The molecule has 0 heterocycles. The molecule has 128 valence electrons. The number of rotatable bonds is 5. The highest BCUT2D eigenvalue weighted by Gasteiger charge is 2.08. The van der Waals surface area contributed by atoms with Gasteiger partial charge in [-0.3, -0.25) is 4.79 Å². The number of carbonyl (C=O) groups is 2. The van der Waals surface area contributed by atoms with Crippen molar-refractivity contribution >= 4 is 29.4 Å². The molecular weight excluding hydrogens is 348 g/mol. The normalized spacial score (nSPS) is 10.7. The molecule has 0 bridgehead atoms. The molecule has 3 nitrogen and oxygen atoms in total. The lowest BCUT2D eigenvalue weighted by atomic mass is 10.1. The zero-order chi connectivity index (χ0) is 18.4. The van der Waals surface area contributed by atoms with Gasteiger partial charge in [0.2, 0.25) is 0 Å². The Labute approximate surface area is 156 Å². The largest absolute Gasteiger partial charge is 0.423 e. The third kappa shape index (κ3) is 4.68. The summed E-state index contributed by atoms with van der Waals surface area (Å²) < 4.78 is 5.32. The molecule has 0 fully saturated rings. The maximum absolute atomic E-state index is 12.1. The highest BCUT2D eigenvalue weighted by Crippen LogP contribution is 2.17. The lowest BCUT2D eigenvalue weighted by Crippen LogP contribution is -2.08. The fourth-order valence-corrected chi connectivity index (χ4v) is 2.40. The Morgan fingerprint density at radius 2 is 1.42 bits per heavy atom. The molecule has 26 heavy (non-hydrogen) atoms. The van der Waals surface area contributed by atoms with E-state index in [1.54, 1.807) is 66.7 Å². The molecule has 3 aromatic rings. The van der Waals surface area contributed by atoms with Crippen LogP contribution >= 0.6 is 11.6 Å². The van der Waals surface area contributed by atoms with Crippen molar-refractivity contribution in [3.63, 3.8) is 0 Å². The molecule has 0 aliphatic rings. The fourth-order valence-electron chi connectivity index (χ4n) is 2.27. The Bertz CT molecular complexity index is 927. The second-order valence-electron chi connectivity index (χ2n) is 5.53. The van der Waals surface area contributed by atoms with Crippen LogP contribution in [-0.4, -0.2) is 11.8 Å². The lowest BCUT2D eigenvalue weighted by Gasteiger charge is -2.04. The first kappa shape index (κ1) is 17.6. The molecule has 0 spiro atoms. The van der Waals surface area contributed by atoms with Crippen molar-refractivity contribution < 1.29 is 14.3 Å². The van der Waals surface area contributed by atoms with Gasteiger partial charge >= 0.3 is 5.97 Å². The summed E-state index contributed by atoms with van der Waals surface area (Å²) in [6.07, 6.45) is 3.24. The Morgan fingerprint density at radius 3 is 2.08 bits per heavy atom. The minimum atomic E-state index is -0.454. The van der Waals surface area contributed by atoms with E-state index < -0.39 is 5.97 Å². The molecule has 0 atom stereocenters. The summed E-state index contributed by atoms with van der Waals surface area (Å²) in [4.78, 5) is 24.1. The number of esters is 1. The number of carbonyl (C=O) groups excluding carboxylic acids is 2. The first-order chi connectivity index (χ1) is 12.6. The van der Waals surface area contributed by atoms with Crippen LogP contribution in [0.2, 0.25) is 5.02 Å². The van der Waals surface area contributed by atoms with Crippen LogP contribution in [0.25, 0.3) is 6.08 Å². The van der Waals surface area contributed by atoms with Gasteiger partial charge in [0.15, 0.2) is 5.78 Å². The quantitative estimate of drug-likeness (QED) is 0.262. The van der Waals surface area contributed by atoms with E-state index in [4.69, 9.17) is 16.3 Å². The number of allylic oxidation sites excluding steroid dienone is 1. The Morgan fingerprint density at radius 1 is 0.769 bits per heavy atom. The summed E-state index contributed by atoms with van der Waals surface area (Å²) in [5.74, 6) is -0.0930. The molecule has 0 aromatic heterocycles. The van der Waals surface area contributed by atoms with E-state index in [0.29, 0.717) is 21.9 Å². The summed E-state index contributed by atoms with van der Waals surface area (Å²) in [5, 5.41) is 0.558. The van der Waals surface area contributed by atoms with Crippen LogP contribution in [-0.2, 0) is 0 Å². The smallest absolute Gasteiger partial charge is 0.343 e. The van der Waals surface area contributed by atoms with Crippen LogP contribution in [0.5, 0.6) is 5.75 Å². The Balaban J connectivity index is 1.63. The van der Waals surface area contributed by atoms with Crippen molar-refractivity contribution in [2.75, 3.05) is 0 Å². The van der Waals surface area contributed by atoms with Crippen molar-refractivity contribution in [1.82, 2.24) is 0 Å². The van der Waals surface area contributed by atoms with E-state index in [0.717, 1.165) is 5.56 Å². The van der Waals surface area contributed by atoms with Gasteiger partial charge in [-0.05, 0) is 48.0 Å². The highest BCUT2D eigenvalue weighted by atomic mass is 35.5. The molecule has 0 unspecified atom stereocenters. The van der Waals surface area contributed by atoms with Crippen LogP contribution in [0.3, 0.4) is 0 Å². The van der Waals surface area contributed by atoms with Gasteiger partial charge in [0.1, 0.15) is 5.75 Å². The highest BCUT2D eigenvalue weighted by molar-refractivity contribution is 6.30. The number of ketones is 1. The van der Waals surface area contributed by atoms with Crippen LogP contribution in [0, 0.1) is 0 Å². The number of benzene rings is 3. The summed E-state index contributed by atoms with van der Waals surface area (Å²) in [6, 6.07) is 22.5. The van der Waals surface area contributed by atoms with Crippen LogP contribution in [0.4, 0.5) is 0 Å². The monoisotopic (exact) mass is 362 g/mol. The van der Waals surface area contributed by atoms with Gasteiger partial charge in [0.05, 0.1) is 5.56 Å². The number of halogens is 1. The van der Waals surface area contributed by atoms with E-state index in [9.17, 15) is 9.59 Å². The minimum absolute atomic E-state index is 0.0659. The molecule has 0 aliphatic carbocycles. The van der Waals surface area contributed by atoms with Crippen molar-refractivity contribution in [1.29, 1.82) is 0 Å². The molecule has 0 aliphatic heterocycles. The maximum atomic E-state index is 12.1. The molecule has 0 N–H and O–H groups in total. The van der Waals surface area contributed by atoms with Crippen LogP contribution in [0.1, 0.15) is 26.3 Å². The first-order valence-corrected chi connectivity index (χ1v) is 8.35. The van der Waals surface area contributed by atoms with Gasteiger partial charge in [-0.15, -0.1) is 0 Å². The van der Waals surface area contributed by atoms with Crippen LogP contribution in [0.15, 0.2) is 84.9 Å². The van der Waals surface area contributed by atoms with Gasteiger partial charge in [0.25, 0.3) is 0 Å². The third-order valence-corrected chi connectivity index (χ3v) is 3.91. The van der Waals surface area contributed by atoms with E-state index in [1.165, 1.54) is 6.08 Å². The van der Waals surface area contributed by atoms with Crippen LogP contribution < -0.4 is 4.74 Å². The van der Waals surface area contributed by atoms with E-state index in [2.05, 4.69) is 0 Å². The van der Waals surface area contributed by atoms with E-state index in [-0.39, 0.29) is 5.78 Å². The average Bonchev–Trinajstić information content (AvgIpc) is 2.68. The Kier molecular flexibility index (Phi) is 5.62. The minimum Gasteiger partial charge on any atom is -0.423 e. The van der Waals surface area contributed by atoms with Crippen molar-refractivity contribution in [2.45, 2.75) is 0 Å². The molecule has 0 amide bonds. The second-order valence-corrected chi connectivity index (χ2v) is 5.97. The predicted octanol–water partition coefficient (Wildman–Crippen LogP) is 5.46. The fraction of sp³-hybridized carbons (Fsp3) is 0. The lowest BCUT2D eigenvalue weighted by molar-refractivity contribution is 0.0734. The standard InChI is InChI=1S/C22H15ClO3/c23-19-11-9-18(10-12-19)22(25)26-20-13-6-16(7-14-20)8-15-21(24)17-4-2-1-3-5-17/h1-15H/b15-8+. The zero-order valence-electron chi connectivity index (χ0n) is 13.8. The summed E-state index contributed by atoms with van der Waals surface area (Å²) in [6.45, 7) is 0. The van der Waals surface area contributed by atoms with Gasteiger partial charge in [-0.2, -0.15) is 0 Å². The molecule has 0 saturated carbocycles. The van der Waals surface area contributed by atoms with Gasteiger partial charge < -0.3 is 4.74 Å². The van der Waals surface area contributed by atoms with E-state index >= 15 is 0 Å². The second kappa shape index (κ2) is 8.28. The molecule has 0 saturated heterocycles. The van der Waals surface area contributed by atoms with E-state index in [1.807, 2.05) is 18.2 Å². The Hall–Kier alpha value is -3.17. The van der Waals surface area contributed by atoms with Crippen molar-refractivity contribution in [2.24, 2.45) is 0 Å². The molecular formula is C22H15ClO3. The summed E-state index contributed by atoms with van der Waals surface area (Å²) in [5.41, 5.74) is 1.89. The molecule has 0 radical (unpaired) electrons. The average molecular weight is 363 g/mol. The maximum Gasteiger partial charge on any atom is 0.343 e. The summed E-state index contributed by atoms with van der Waals surface area (Å²) >= 11 is 5.80. The molecule has 4 heteroatoms. The topological polar surface area (TPSA) is 43.4 Å². The van der Waals surface area contributed by atoms with Gasteiger partial charge in [0, 0.05) is 10.6 Å². The third-order valence-electron chi connectivity index (χ3n) is 3.66.